The molecule has 0 saturated carbocycles. The van der Waals surface area contributed by atoms with E-state index in [-0.39, 0.29) is 23.8 Å². The molecule has 1 fully saturated rings. The van der Waals surface area contributed by atoms with Gasteiger partial charge < -0.3 is 10.2 Å². The van der Waals surface area contributed by atoms with E-state index >= 15 is 0 Å². The standard InChI is InChI=1S/C20H21FN6O2S/c1-13-17(18(28)22-11-16-3-2-8-23-25-16)30-19(24-13)27-10-9-26(20(27)29)12-14-4-6-15(21)7-5-14/h2-8,13,17H,9-12H2,1H3,(H,22,28). The zero-order valence-electron chi connectivity index (χ0n) is 16.4. The average molecular weight is 428 g/mol. The SMILES string of the molecule is CC1N=C(N2CCN(Cc3ccc(F)cc3)C2=O)SC1C(=O)NCc1cccnn1. The fourth-order valence-corrected chi connectivity index (χ4v) is 4.51. The minimum Gasteiger partial charge on any atom is -0.349 e. The van der Waals surface area contributed by atoms with Crippen LogP contribution in [0.15, 0.2) is 47.6 Å². The van der Waals surface area contributed by atoms with Gasteiger partial charge in [-0.2, -0.15) is 10.2 Å². The summed E-state index contributed by atoms with van der Waals surface area (Å²) in [5.41, 5.74) is 1.54. The molecule has 2 atom stereocenters. The molecule has 8 nitrogen and oxygen atoms in total. The van der Waals surface area contributed by atoms with E-state index in [1.807, 2.05) is 6.92 Å². The molecular weight excluding hydrogens is 407 g/mol. The van der Waals surface area contributed by atoms with Gasteiger partial charge in [-0.15, -0.1) is 0 Å². The van der Waals surface area contributed by atoms with E-state index < -0.39 is 5.25 Å². The number of aromatic nitrogens is 2. The molecule has 1 saturated heterocycles. The van der Waals surface area contributed by atoms with Crippen molar-refractivity contribution in [1.82, 2.24) is 25.3 Å². The van der Waals surface area contributed by atoms with Crippen LogP contribution in [0.1, 0.15) is 18.2 Å². The Hall–Kier alpha value is -3.01. The average Bonchev–Trinajstić information content (AvgIpc) is 3.31. The number of urea groups is 1. The maximum absolute atomic E-state index is 13.1. The van der Waals surface area contributed by atoms with Gasteiger partial charge >= 0.3 is 6.03 Å². The number of amidine groups is 1. The lowest BCUT2D eigenvalue weighted by Gasteiger charge is -2.18. The van der Waals surface area contributed by atoms with Gasteiger partial charge in [-0.3, -0.25) is 14.7 Å². The van der Waals surface area contributed by atoms with Crippen molar-refractivity contribution in [2.75, 3.05) is 13.1 Å². The second-order valence-corrected chi connectivity index (χ2v) is 8.21. The molecular formula is C20H21FN6O2S. The highest BCUT2D eigenvalue weighted by molar-refractivity contribution is 8.15. The number of benzene rings is 1. The number of nitrogens with zero attached hydrogens (tertiary/aromatic N) is 5. The van der Waals surface area contributed by atoms with Gasteiger partial charge in [0, 0.05) is 25.8 Å². The first-order valence-electron chi connectivity index (χ1n) is 9.61. The van der Waals surface area contributed by atoms with Crippen molar-refractivity contribution in [3.63, 3.8) is 0 Å². The number of nitrogens with one attached hydrogen (secondary N) is 1. The number of thioether (sulfide) groups is 1. The van der Waals surface area contributed by atoms with Gasteiger partial charge in [0.25, 0.3) is 0 Å². The summed E-state index contributed by atoms with van der Waals surface area (Å²) >= 11 is 1.30. The quantitative estimate of drug-likeness (QED) is 0.787. The van der Waals surface area contributed by atoms with Crippen molar-refractivity contribution in [2.24, 2.45) is 4.99 Å². The van der Waals surface area contributed by atoms with Crippen molar-refractivity contribution in [1.29, 1.82) is 0 Å². The van der Waals surface area contributed by atoms with Crippen LogP contribution < -0.4 is 5.32 Å². The summed E-state index contributed by atoms with van der Waals surface area (Å²) in [6.07, 6.45) is 1.58. The summed E-state index contributed by atoms with van der Waals surface area (Å²) in [6.45, 7) is 3.62. The molecule has 2 aliphatic heterocycles. The number of rotatable bonds is 5. The number of carbonyl (C=O) groups is 2. The van der Waals surface area contributed by atoms with Crippen LogP contribution in [0.25, 0.3) is 0 Å². The molecule has 2 aliphatic rings. The van der Waals surface area contributed by atoms with E-state index in [0.29, 0.717) is 37.0 Å². The molecule has 156 valence electrons. The van der Waals surface area contributed by atoms with Gasteiger partial charge in [-0.05, 0) is 36.8 Å². The number of halogens is 1. The fraction of sp³-hybridized carbons (Fsp3) is 0.350. The Morgan fingerprint density at radius 1 is 1.27 bits per heavy atom. The molecule has 1 aromatic carbocycles. The molecule has 2 aromatic rings. The lowest BCUT2D eigenvalue weighted by molar-refractivity contribution is -0.120. The van der Waals surface area contributed by atoms with Gasteiger partial charge in [-0.1, -0.05) is 23.9 Å². The monoisotopic (exact) mass is 428 g/mol. The number of carbonyl (C=O) groups excluding carboxylic acids is 2. The van der Waals surface area contributed by atoms with E-state index in [9.17, 15) is 14.0 Å². The number of aliphatic imine (C=N–C) groups is 1. The van der Waals surface area contributed by atoms with E-state index in [2.05, 4.69) is 20.5 Å². The molecule has 10 heteroatoms. The number of hydrogen-bond acceptors (Lipinski definition) is 6. The second kappa shape index (κ2) is 8.78. The molecule has 0 bridgehead atoms. The van der Waals surface area contributed by atoms with Crippen LogP contribution >= 0.6 is 11.8 Å². The molecule has 30 heavy (non-hydrogen) atoms. The molecule has 4 rings (SSSR count). The second-order valence-electron chi connectivity index (χ2n) is 7.11. The van der Waals surface area contributed by atoms with Crippen LogP contribution in [-0.4, -0.2) is 61.5 Å². The Morgan fingerprint density at radius 3 is 2.80 bits per heavy atom. The third-order valence-electron chi connectivity index (χ3n) is 4.93. The first-order valence-corrected chi connectivity index (χ1v) is 10.5. The smallest absolute Gasteiger partial charge is 0.326 e. The maximum atomic E-state index is 13.1. The topological polar surface area (TPSA) is 90.8 Å². The van der Waals surface area contributed by atoms with Gasteiger partial charge in [0.1, 0.15) is 11.1 Å². The van der Waals surface area contributed by atoms with E-state index in [1.54, 1.807) is 40.3 Å². The first kappa shape index (κ1) is 20.3. The minimum absolute atomic E-state index is 0.147. The predicted molar refractivity (Wildman–Crippen MR) is 111 cm³/mol. The van der Waals surface area contributed by atoms with E-state index in [4.69, 9.17) is 0 Å². The summed E-state index contributed by atoms with van der Waals surface area (Å²) in [7, 11) is 0. The molecule has 0 aliphatic carbocycles. The Bertz CT molecular complexity index is 956. The van der Waals surface area contributed by atoms with Crippen LogP contribution in [0.4, 0.5) is 9.18 Å². The molecule has 3 heterocycles. The normalized spacial score (nSPS) is 21.1. The summed E-state index contributed by atoms with van der Waals surface area (Å²) in [5.74, 6) is -0.450. The lowest BCUT2D eigenvalue weighted by atomic mass is 10.2. The highest BCUT2D eigenvalue weighted by Crippen LogP contribution is 2.31. The lowest BCUT2D eigenvalue weighted by Crippen LogP contribution is -2.37. The minimum atomic E-state index is -0.407. The Morgan fingerprint density at radius 2 is 2.07 bits per heavy atom. The Kier molecular flexibility index (Phi) is 5.93. The van der Waals surface area contributed by atoms with Crippen LogP contribution in [0.3, 0.4) is 0 Å². The van der Waals surface area contributed by atoms with Gasteiger partial charge in [0.2, 0.25) is 5.91 Å². The largest absolute Gasteiger partial charge is 0.349 e. The summed E-state index contributed by atoms with van der Waals surface area (Å²) in [6, 6.07) is 9.27. The number of amides is 3. The van der Waals surface area contributed by atoms with E-state index in [1.165, 1.54) is 23.9 Å². The predicted octanol–water partition coefficient (Wildman–Crippen LogP) is 2.03. The molecule has 2 unspecified atom stereocenters. The van der Waals surface area contributed by atoms with Crippen molar-refractivity contribution in [3.8, 4) is 0 Å². The Balaban J connectivity index is 1.33. The molecule has 0 spiro atoms. The van der Waals surface area contributed by atoms with Crippen molar-refractivity contribution >= 4 is 28.9 Å². The summed E-state index contributed by atoms with van der Waals surface area (Å²) in [5, 5.41) is 10.8. The Labute approximate surface area is 177 Å². The third kappa shape index (κ3) is 4.43. The fourth-order valence-electron chi connectivity index (χ4n) is 3.31. The zero-order valence-corrected chi connectivity index (χ0v) is 17.2. The summed E-state index contributed by atoms with van der Waals surface area (Å²) < 4.78 is 13.1. The zero-order chi connectivity index (χ0) is 21.1. The van der Waals surface area contributed by atoms with Crippen LogP contribution in [0, 0.1) is 5.82 Å². The highest BCUT2D eigenvalue weighted by Gasteiger charge is 2.40. The van der Waals surface area contributed by atoms with Gasteiger partial charge in [0.05, 0.1) is 18.3 Å². The van der Waals surface area contributed by atoms with Crippen LogP contribution in [0.2, 0.25) is 0 Å². The first-order chi connectivity index (χ1) is 14.5. The van der Waals surface area contributed by atoms with Gasteiger partial charge in [-0.25, -0.2) is 9.18 Å². The molecule has 3 amide bonds. The van der Waals surface area contributed by atoms with Crippen LogP contribution in [0.5, 0.6) is 0 Å². The third-order valence-corrected chi connectivity index (χ3v) is 6.33. The van der Waals surface area contributed by atoms with E-state index in [0.717, 1.165) is 5.56 Å². The van der Waals surface area contributed by atoms with Gasteiger partial charge in [0.15, 0.2) is 5.17 Å². The molecule has 1 aromatic heterocycles. The molecule has 0 radical (unpaired) electrons. The van der Waals surface area contributed by atoms with Crippen molar-refractivity contribution in [2.45, 2.75) is 31.3 Å². The van der Waals surface area contributed by atoms with Crippen molar-refractivity contribution in [3.05, 3.63) is 59.7 Å². The van der Waals surface area contributed by atoms with Crippen LogP contribution in [-0.2, 0) is 17.9 Å². The number of hydrogen-bond donors (Lipinski definition) is 1. The molecule has 1 N–H and O–H groups in total. The maximum Gasteiger partial charge on any atom is 0.326 e. The highest BCUT2D eigenvalue weighted by atomic mass is 32.2. The summed E-state index contributed by atoms with van der Waals surface area (Å²) in [4.78, 5) is 33.3. The van der Waals surface area contributed by atoms with Crippen molar-refractivity contribution < 1.29 is 14.0 Å².